The number of hydrogen-bond acceptors (Lipinski definition) is 5. The molecular formula is C18H21N3O4. The van der Waals surface area contributed by atoms with E-state index in [1.165, 1.54) is 0 Å². The summed E-state index contributed by atoms with van der Waals surface area (Å²) in [5.74, 6) is 0.0359. The summed E-state index contributed by atoms with van der Waals surface area (Å²) >= 11 is 0. The van der Waals surface area contributed by atoms with Gasteiger partial charge in [0.05, 0.1) is 13.0 Å². The van der Waals surface area contributed by atoms with E-state index in [1.54, 1.807) is 11.9 Å². The Labute approximate surface area is 145 Å². The molecule has 7 nitrogen and oxygen atoms in total. The summed E-state index contributed by atoms with van der Waals surface area (Å²) in [7, 11) is 1.75. The van der Waals surface area contributed by atoms with Crippen LogP contribution in [0.3, 0.4) is 0 Å². The van der Waals surface area contributed by atoms with E-state index in [0.717, 1.165) is 18.2 Å². The van der Waals surface area contributed by atoms with Gasteiger partial charge in [0, 0.05) is 31.9 Å². The first kappa shape index (κ1) is 15.9. The molecular weight excluding hydrogens is 322 g/mol. The van der Waals surface area contributed by atoms with Crippen LogP contribution >= 0.6 is 0 Å². The first-order valence-electron chi connectivity index (χ1n) is 8.62. The number of amides is 2. The van der Waals surface area contributed by atoms with Gasteiger partial charge in [0.1, 0.15) is 11.3 Å². The SMILES string of the molecule is CN1CC2(CCCN(C(=O)Cc3noc4ccccc34)CC2)OC1=O. The van der Waals surface area contributed by atoms with Crippen molar-refractivity contribution in [3.8, 4) is 0 Å². The minimum atomic E-state index is -0.443. The lowest BCUT2D eigenvalue weighted by atomic mass is 9.95. The van der Waals surface area contributed by atoms with Gasteiger partial charge in [0.25, 0.3) is 0 Å². The van der Waals surface area contributed by atoms with Gasteiger partial charge >= 0.3 is 6.09 Å². The van der Waals surface area contributed by atoms with Gasteiger partial charge in [-0.05, 0) is 25.0 Å². The molecule has 132 valence electrons. The van der Waals surface area contributed by atoms with Crippen LogP contribution in [0.4, 0.5) is 4.79 Å². The monoisotopic (exact) mass is 343 g/mol. The summed E-state index contributed by atoms with van der Waals surface area (Å²) in [6.07, 6.45) is 2.25. The van der Waals surface area contributed by atoms with Gasteiger partial charge in [0.2, 0.25) is 5.91 Å². The summed E-state index contributed by atoms with van der Waals surface area (Å²) in [6, 6.07) is 7.55. The van der Waals surface area contributed by atoms with Crippen molar-refractivity contribution in [2.24, 2.45) is 0 Å². The van der Waals surface area contributed by atoms with Crippen LogP contribution in [0.25, 0.3) is 11.0 Å². The van der Waals surface area contributed by atoms with Crippen LogP contribution in [0.15, 0.2) is 28.8 Å². The third kappa shape index (κ3) is 2.94. The average Bonchev–Trinajstić information content (AvgIpc) is 3.04. The minimum Gasteiger partial charge on any atom is -0.441 e. The van der Waals surface area contributed by atoms with Crippen LogP contribution in [0, 0.1) is 0 Å². The number of para-hydroxylation sites is 1. The molecule has 25 heavy (non-hydrogen) atoms. The Bertz CT molecular complexity index is 818. The molecule has 2 aliphatic heterocycles. The highest BCUT2D eigenvalue weighted by Gasteiger charge is 2.44. The summed E-state index contributed by atoms with van der Waals surface area (Å²) in [4.78, 5) is 27.9. The molecule has 0 N–H and O–H groups in total. The van der Waals surface area contributed by atoms with Crippen molar-refractivity contribution in [2.75, 3.05) is 26.7 Å². The Kier molecular flexibility index (Phi) is 3.86. The number of likely N-dealkylation sites (tertiary alicyclic amines) is 1. The van der Waals surface area contributed by atoms with Crippen LogP contribution < -0.4 is 0 Å². The zero-order chi connectivity index (χ0) is 17.4. The van der Waals surface area contributed by atoms with E-state index in [4.69, 9.17) is 9.26 Å². The number of carbonyl (C=O) groups excluding carboxylic acids is 2. The lowest BCUT2D eigenvalue weighted by Gasteiger charge is -2.25. The minimum absolute atomic E-state index is 0.0359. The number of likely N-dealkylation sites (N-methyl/N-ethyl adjacent to an activating group) is 1. The van der Waals surface area contributed by atoms with E-state index in [0.29, 0.717) is 37.3 Å². The standard InChI is InChI=1S/C18H21N3O4/c1-20-12-18(24-17(20)23)7-4-9-21(10-8-18)16(22)11-14-13-5-2-3-6-15(13)25-19-14/h2-3,5-6H,4,7-12H2,1H3. The fourth-order valence-corrected chi connectivity index (χ4v) is 3.79. The van der Waals surface area contributed by atoms with Gasteiger partial charge in [-0.1, -0.05) is 17.3 Å². The highest BCUT2D eigenvalue weighted by molar-refractivity contribution is 5.86. The zero-order valence-corrected chi connectivity index (χ0v) is 14.2. The van der Waals surface area contributed by atoms with Crippen LogP contribution in [0.2, 0.25) is 0 Å². The molecule has 1 aromatic carbocycles. The molecule has 2 aromatic rings. The molecule has 0 radical (unpaired) electrons. The number of carbonyl (C=O) groups is 2. The fraction of sp³-hybridized carbons (Fsp3) is 0.500. The predicted octanol–water partition coefficient (Wildman–Crippen LogP) is 2.20. The summed E-state index contributed by atoms with van der Waals surface area (Å²) in [6.45, 7) is 1.87. The maximum absolute atomic E-state index is 12.7. The average molecular weight is 343 g/mol. The number of nitrogens with zero attached hydrogens (tertiary/aromatic N) is 3. The molecule has 2 fully saturated rings. The summed E-state index contributed by atoms with van der Waals surface area (Å²) < 4.78 is 10.9. The number of benzene rings is 1. The van der Waals surface area contributed by atoms with Crippen LogP contribution in [-0.4, -0.2) is 59.2 Å². The van der Waals surface area contributed by atoms with E-state index in [1.807, 2.05) is 29.2 Å². The molecule has 1 aromatic heterocycles. The Morgan fingerprint density at radius 1 is 1.28 bits per heavy atom. The van der Waals surface area contributed by atoms with Gasteiger partial charge in [0.15, 0.2) is 5.58 Å². The van der Waals surface area contributed by atoms with Gasteiger partial charge < -0.3 is 19.1 Å². The topological polar surface area (TPSA) is 75.9 Å². The maximum atomic E-state index is 12.7. The molecule has 2 saturated heterocycles. The lowest BCUT2D eigenvalue weighted by molar-refractivity contribution is -0.130. The highest BCUT2D eigenvalue weighted by Crippen LogP contribution is 2.32. The quantitative estimate of drug-likeness (QED) is 0.835. The molecule has 2 amide bonds. The van der Waals surface area contributed by atoms with E-state index in [-0.39, 0.29) is 18.4 Å². The summed E-state index contributed by atoms with van der Waals surface area (Å²) in [5, 5.41) is 4.93. The predicted molar refractivity (Wildman–Crippen MR) is 90.0 cm³/mol. The molecule has 4 rings (SSSR count). The first-order valence-corrected chi connectivity index (χ1v) is 8.62. The lowest BCUT2D eigenvalue weighted by Crippen LogP contribution is -2.37. The second kappa shape index (κ2) is 6.06. The Morgan fingerprint density at radius 3 is 2.92 bits per heavy atom. The van der Waals surface area contributed by atoms with Gasteiger partial charge in [-0.15, -0.1) is 0 Å². The smallest absolute Gasteiger partial charge is 0.410 e. The van der Waals surface area contributed by atoms with Gasteiger partial charge in [-0.3, -0.25) is 4.79 Å². The van der Waals surface area contributed by atoms with Gasteiger partial charge in [-0.25, -0.2) is 4.79 Å². The molecule has 0 saturated carbocycles. The number of aromatic nitrogens is 1. The van der Waals surface area contributed by atoms with E-state index < -0.39 is 5.60 Å². The second-order valence-electron chi connectivity index (χ2n) is 6.94. The third-order valence-electron chi connectivity index (χ3n) is 5.16. The molecule has 1 atom stereocenters. The van der Waals surface area contributed by atoms with Crippen LogP contribution in [0.5, 0.6) is 0 Å². The van der Waals surface area contributed by atoms with Crippen LogP contribution in [0.1, 0.15) is 25.0 Å². The number of hydrogen-bond donors (Lipinski definition) is 0. The molecule has 3 heterocycles. The largest absolute Gasteiger partial charge is 0.441 e. The van der Waals surface area contributed by atoms with Crippen molar-refractivity contribution < 1.29 is 18.8 Å². The Balaban J connectivity index is 1.44. The van der Waals surface area contributed by atoms with Crippen molar-refractivity contribution >= 4 is 23.0 Å². The number of fused-ring (bicyclic) bond motifs is 1. The van der Waals surface area contributed by atoms with Gasteiger partial charge in [-0.2, -0.15) is 0 Å². The summed E-state index contributed by atoms with van der Waals surface area (Å²) in [5.41, 5.74) is 0.925. The molecule has 1 spiro atoms. The van der Waals surface area contributed by atoms with Crippen molar-refractivity contribution in [1.82, 2.24) is 15.0 Å². The highest BCUT2D eigenvalue weighted by atomic mass is 16.6. The molecule has 1 unspecified atom stereocenters. The van der Waals surface area contributed by atoms with Crippen molar-refractivity contribution in [3.63, 3.8) is 0 Å². The van der Waals surface area contributed by atoms with Crippen molar-refractivity contribution in [2.45, 2.75) is 31.3 Å². The number of ether oxygens (including phenoxy) is 1. The van der Waals surface area contributed by atoms with Crippen molar-refractivity contribution in [1.29, 1.82) is 0 Å². The second-order valence-corrected chi connectivity index (χ2v) is 6.94. The third-order valence-corrected chi connectivity index (χ3v) is 5.16. The fourth-order valence-electron chi connectivity index (χ4n) is 3.79. The Morgan fingerprint density at radius 2 is 2.12 bits per heavy atom. The van der Waals surface area contributed by atoms with E-state index >= 15 is 0 Å². The zero-order valence-electron chi connectivity index (χ0n) is 14.2. The van der Waals surface area contributed by atoms with Crippen molar-refractivity contribution in [3.05, 3.63) is 30.0 Å². The molecule has 7 heteroatoms. The normalized spacial score (nSPS) is 24.0. The maximum Gasteiger partial charge on any atom is 0.410 e. The molecule has 0 bridgehead atoms. The molecule has 2 aliphatic rings. The van der Waals surface area contributed by atoms with E-state index in [9.17, 15) is 9.59 Å². The molecule has 0 aliphatic carbocycles. The first-order chi connectivity index (χ1) is 12.1. The van der Waals surface area contributed by atoms with E-state index in [2.05, 4.69) is 5.16 Å². The Hall–Kier alpha value is -2.57. The number of rotatable bonds is 2. The van der Waals surface area contributed by atoms with Crippen LogP contribution in [-0.2, 0) is 16.0 Å².